The van der Waals surface area contributed by atoms with E-state index in [1.54, 1.807) is 67.8 Å². The molecule has 6 nitrogen and oxygen atoms in total. The molecule has 0 aliphatic heterocycles. The molecule has 3 aromatic rings. The molecule has 0 radical (unpaired) electrons. The zero-order valence-electron chi connectivity index (χ0n) is 16.7. The quantitative estimate of drug-likeness (QED) is 0.375. The van der Waals surface area contributed by atoms with Crippen LogP contribution < -0.4 is 25.4 Å². The fourth-order valence-electron chi connectivity index (χ4n) is 2.70. The van der Waals surface area contributed by atoms with Gasteiger partial charge in [-0.05, 0) is 72.9 Å². The lowest BCUT2D eigenvalue weighted by molar-refractivity contribution is 0.102. The average Bonchev–Trinajstić information content (AvgIpc) is 2.75. The molecule has 0 aromatic heterocycles. The van der Waals surface area contributed by atoms with E-state index in [1.165, 1.54) is 7.11 Å². The van der Waals surface area contributed by atoms with Crippen molar-refractivity contribution in [1.29, 1.82) is 0 Å². The fourth-order valence-corrected chi connectivity index (χ4v) is 3.58. The van der Waals surface area contributed by atoms with Gasteiger partial charge in [0.25, 0.3) is 5.91 Å². The molecule has 0 aliphatic carbocycles. The first-order valence-electron chi connectivity index (χ1n) is 9.06. The minimum Gasteiger partial charge on any atom is -0.497 e. The number of ether oxygens (including phenoxy) is 2. The van der Waals surface area contributed by atoms with E-state index in [4.69, 9.17) is 44.9 Å². The summed E-state index contributed by atoms with van der Waals surface area (Å²) < 4.78 is 10.2. The summed E-state index contributed by atoms with van der Waals surface area (Å²) in [6, 6.07) is 17.3. The Morgan fingerprint density at radius 2 is 1.29 bits per heavy atom. The molecule has 0 atom stereocenters. The Labute approximate surface area is 195 Å². The number of hydrogen-bond donors (Lipinski definition) is 3. The minimum absolute atomic E-state index is 0.214. The van der Waals surface area contributed by atoms with E-state index < -0.39 is 0 Å². The van der Waals surface area contributed by atoms with Crippen LogP contribution in [-0.4, -0.2) is 25.2 Å². The lowest BCUT2D eigenvalue weighted by atomic mass is 10.2. The van der Waals surface area contributed by atoms with E-state index in [1.807, 2.05) is 0 Å². The van der Waals surface area contributed by atoms with Crippen LogP contribution in [0.3, 0.4) is 0 Å². The Morgan fingerprint density at radius 1 is 0.774 bits per heavy atom. The predicted molar refractivity (Wildman–Crippen MR) is 130 cm³/mol. The Bertz CT molecular complexity index is 1070. The first-order valence-corrected chi connectivity index (χ1v) is 10.2. The molecule has 0 saturated heterocycles. The van der Waals surface area contributed by atoms with Crippen molar-refractivity contribution in [2.45, 2.75) is 0 Å². The first kappa shape index (κ1) is 22.7. The van der Waals surface area contributed by atoms with Crippen molar-refractivity contribution in [3.8, 4) is 11.5 Å². The van der Waals surface area contributed by atoms with Crippen LogP contribution in [0, 0.1) is 0 Å². The van der Waals surface area contributed by atoms with Crippen molar-refractivity contribution >= 4 is 63.5 Å². The number of hydrogen-bond acceptors (Lipinski definition) is 4. The molecule has 0 spiro atoms. The summed E-state index contributed by atoms with van der Waals surface area (Å²) in [5.41, 5.74) is 2.55. The number of anilines is 3. The van der Waals surface area contributed by atoms with Gasteiger partial charge in [-0.1, -0.05) is 23.2 Å². The van der Waals surface area contributed by atoms with E-state index in [9.17, 15) is 4.79 Å². The van der Waals surface area contributed by atoms with Gasteiger partial charge in [-0.15, -0.1) is 0 Å². The second-order valence-corrected chi connectivity index (χ2v) is 7.53. The second kappa shape index (κ2) is 10.3. The molecule has 160 valence electrons. The zero-order chi connectivity index (χ0) is 22.4. The highest BCUT2D eigenvalue weighted by molar-refractivity contribution is 7.80. The van der Waals surface area contributed by atoms with E-state index in [0.717, 1.165) is 5.69 Å². The van der Waals surface area contributed by atoms with Crippen molar-refractivity contribution in [2.24, 2.45) is 0 Å². The number of halogens is 2. The number of carbonyl (C=O) groups is 1. The molecule has 3 aromatic carbocycles. The maximum absolute atomic E-state index is 12.4. The number of thiocarbonyl (C=S) groups is 1. The van der Waals surface area contributed by atoms with Gasteiger partial charge in [-0.25, -0.2) is 0 Å². The number of nitrogens with one attached hydrogen (secondary N) is 3. The van der Waals surface area contributed by atoms with Crippen LogP contribution >= 0.6 is 35.4 Å². The van der Waals surface area contributed by atoms with Crippen LogP contribution in [0.1, 0.15) is 10.4 Å². The standard InChI is InChI=1S/C22H19Cl2N3O3S/c1-29-17-9-3-13(4-10-17)21(28)25-14-5-7-15(8-6-14)26-22(31)27-16-11-18(23)20(30-2)19(24)12-16/h3-12H,1-2H3,(H,25,28)(H2,26,27,31). The molecule has 1 amide bonds. The molecule has 0 unspecified atom stereocenters. The third-order valence-electron chi connectivity index (χ3n) is 4.21. The van der Waals surface area contributed by atoms with Crippen LogP contribution in [-0.2, 0) is 0 Å². The van der Waals surface area contributed by atoms with Gasteiger partial charge < -0.3 is 25.4 Å². The molecule has 0 heterocycles. The van der Waals surface area contributed by atoms with Gasteiger partial charge in [0.05, 0.1) is 24.3 Å². The predicted octanol–water partition coefficient (Wildman–Crippen LogP) is 6.07. The van der Waals surface area contributed by atoms with Crippen LogP contribution in [0.25, 0.3) is 0 Å². The van der Waals surface area contributed by atoms with E-state index in [-0.39, 0.29) is 5.91 Å². The first-order chi connectivity index (χ1) is 14.9. The smallest absolute Gasteiger partial charge is 0.255 e. The van der Waals surface area contributed by atoms with Crippen LogP contribution in [0.2, 0.25) is 10.0 Å². The summed E-state index contributed by atoms with van der Waals surface area (Å²) in [5.74, 6) is 0.879. The Morgan fingerprint density at radius 3 is 1.81 bits per heavy atom. The Kier molecular flexibility index (Phi) is 7.57. The van der Waals surface area contributed by atoms with Gasteiger partial charge in [0.2, 0.25) is 0 Å². The summed E-state index contributed by atoms with van der Waals surface area (Å²) >= 11 is 17.6. The van der Waals surface area contributed by atoms with Gasteiger partial charge in [0.15, 0.2) is 10.9 Å². The van der Waals surface area contributed by atoms with Gasteiger partial charge >= 0.3 is 0 Å². The fraction of sp³-hybridized carbons (Fsp3) is 0.0909. The lowest BCUT2D eigenvalue weighted by Gasteiger charge is -2.13. The SMILES string of the molecule is COc1ccc(C(=O)Nc2ccc(NC(=S)Nc3cc(Cl)c(OC)c(Cl)c3)cc2)cc1. The summed E-state index contributed by atoms with van der Waals surface area (Å²) in [4.78, 5) is 12.4. The van der Waals surface area contributed by atoms with Crippen molar-refractivity contribution in [2.75, 3.05) is 30.2 Å². The van der Waals surface area contributed by atoms with Crippen molar-refractivity contribution in [3.05, 3.63) is 76.3 Å². The van der Waals surface area contributed by atoms with Crippen LogP contribution in [0.5, 0.6) is 11.5 Å². The highest BCUT2D eigenvalue weighted by Crippen LogP contribution is 2.35. The topological polar surface area (TPSA) is 71.6 Å². The van der Waals surface area contributed by atoms with Crippen molar-refractivity contribution in [1.82, 2.24) is 0 Å². The minimum atomic E-state index is -0.214. The van der Waals surface area contributed by atoms with E-state index in [0.29, 0.717) is 43.6 Å². The van der Waals surface area contributed by atoms with Crippen molar-refractivity contribution < 1.29 is 14.3 Å². The maximum Gasteiger partial charge on any atom is 0.255 e. The van der Waals surface area contributed by atoms with Crippen molar-refractivity contribution in [3.63, 3.8) is 0 Å². The summed E-state index contributed by atoms with van der Waals surface area (Å²) in [6.07, 6.45) is 0. The molecule has 0 bridgehead atoms. The van der Waals surface area contributed by atoms with Gasteiger partial charge in [0, 0.05) is 22.6 Å². The molecule has 0 aliphatic rings. The lowest BCUT2D eigenvalue weighted by Crippen LogP contribution is -2.19. The largest absolute Gasteiger partial charge is 0.497 e. The molecule has 0 saturated carbocycles. The number of carbonyl (C=O) groups excluding carboxylic acids is 1. The average molecular weight is 476 g/mol. The summed E-state index contributed by atoms with van der Waals surface area (Å²) in [6.45, 7) is 0. The molecule has 3 N–H and O–H groups in total. The molecule has 9 heteroatoms. The number of benzene rings is 3. The van der Waals surface area contributed by atoms with E-state index >= 15 is 0 Å². The second-order valence-electron chi connectivity index (χ2n) is 6.31. The van der Waals surface area contributed by atoms with Gasteiger partial charge in [-0.2, -0.15) is 0 Å². The summed E-state index contributed by atoms with van der Waals surface area (Å²) in [7, 11) is 3.07. The highest BCUT2D eigenvalue weighted by Gasteiger charge is 2.10. The monoisotopic (exact) mass is 475 g/mol. The van der Waals surface area contributed by atoms with Crippen LogP contribution in [0.15, 0.2) is 60.7 Å². The summed E-state index contributed by atoms with van der Waals surface area (Å²) in [5, 5.41) is 10.0. The molecule has 0 fully saturated rings. The third kappa shape index (κ3) is 6.01. The van der Waals surface area contributed by atoms with Gasteiger partial charge in [-0.3, -0.25) is 4.79 Å². The zero-order valence-corrected chi connectivity index (χ0v) is 19.0. The number of methoxy groups -OCH3 is 2. The molecular formula is C22H19Cl2N3O3S. The maximum atomic E-state index is 12.4. The highest BCUT2D eigenvalue weighted by atomic mass is 35.5. The molecule has 3 rings (SSSR count). The molecular weight excluding hydrogens is 457 g/mol. The number of amides is 1. The normalized spacial score (nSPS) is 10.2. The molecule has 31 heavy (non-hydrogen) atoms. The third-order valence-corrected chi connectivity index (χ3v) is 4.98. The van der Waals surface area contributed by atoms with Crippen LogP contribution in [0.4, 0.5) is 17.1 Å². The number of rotatable bonds is 6. The van der Waals surface area contributed by atoms with Gasteiger partial charge in [0.1, 0.15) is 5.75 Å². The Hall–Kier alpha value is -3.00. The Balaban J connectivity index is 1.58. The van der Waals surface area contributed by atoms with E-state index in [2.05, 4.69) is 16.0 Å².